The van der Waals surface area contributed by atoms with E-state index in [2.05, 4.69) is 49.8 Å². The van der Waals surface area contributed by atoms with Crippen molar-refractivity contribution in [2.75, 3.05) is 6.38 Å². The van der Waals surface area contributed by atoms with Gasteiger partial charge in [-0.05, 0) is 6.42 Å². The third-order valence-corrected chi connectivity index (χ3v) is 0.655. The molecule has 0 nitrogen and oxygen atoms in total. The Labute approximate surface area is 206 Å². The van der Waals surface area contributed by atoms with E-state index >= 15 is 0 Å². The second-order valence-electron chi connectivity index (χ2n) is 1.24. The number of allylic oxidation sites excluding steroid dienone is 4. The van der Waals surface area contributed by atoms with Crippen molar-refractivity contribution in [2.45, 2.75) is 64.8 Å². The van der Waals surface area contributed by atoms with Gasteiger partial charge in [-0.2, -0.15) is 13.8 Å². The van der Waals surface area contributed by atoms with Gasteiger partial charge in [0, 0.05) is 27.4 Å². The second-order valence-corrected chi connectivity index (χ2v) is 6.71. The van der Waals surface area contributed by atoms with Crippen molar-refractivity contribution in [3.05, 3.63) is 45.6 Å². The molecule has 0 amide bonds. The van der Waals surface area contributed by atoms with Crippen molar-refractivity contribution in [3.63, 3.8) is 0 Å². The Balaban J connectivity index is -0.00000000550. The molecule has 1 rings (SSSR count). The Bertz CT molecular complexity index is 114. The molecular formula is C17H46Cl4Fe2W-. The van der Waals surface area contributed by atoms with E-state index in [1.807, 2.05) is 0 Å². The van der Waals surface area contributed by atoms with Crippen LogP contribution in [0.15, 0.2) is 24.3 Å². The zero-order valence-corrected chi connectivity index (χ0v) is 19.2. The third-order valence-electron chi connectivity index (χ3n) is 0.655. The summed E-state index contributed by atoms with van der Waals surface area (Å²) in [6.45, 7) is 10.0. The van der Waals surface area contributed by atoms with Gasteiger partial charge < -0.3 is 21.3 Å². The molecule has 0 fully saturated rings. The van der Waals surface area contributed by atoms with E-state index in [4.69, 9.17) is 30.3 Å². The van der Waals surface area contributed by atoms with Crippen LogP contribution in [-0.2, 0) is 49.3 Å². The molecule has 24 heavy (non-hydrogen) atoms. The van der Waals surface area contributed by atoms with Crippen molar-refractivity contribution in [1.82, 2.24) is 0 Å². The molecule has 7 heteroatoms. The maximum Gasteiger partial charge on any atom is 2.00 e. The summed E-state index contributed by atoms with van der Waals surface area (Å²) >= 11 is 3.31. The average molecular weight is 688 g/mol. The minimum atomic E-state index is -1.33. The monoisotopic (exact) mass is 686 g/mol. The van der Waals surface area contributed by atoms with E-state index < -0.39 is 11.2 Å². The molecule has 0 aliphatic heterocycles. The quantitative estimate of drug-likeness (QED) is 0.135. The third kappa shape index (κ3) is 245. The maximum atomic E-state index is 4.89. The first kappa shape index (κ1) is 95.0. The first-order valence-electron chi connectivity index (χ1n) is 4.01. The van der Waals surface area contributed by atoms with Gasteiger partial charge in [-0.1, -0.05) is 68.9 Å². The Morgan fingerprint density at radius 1 is 0.708 bits per heavy atom. The van der Waals surface area contributed by atoms with Crippen molar-refractivity contribution in [2.24, 2.45) is 0 Å². The summed E-state index contributed by atoms with van der Waals surface area (Å²) in [4.78, 5) is 0. The van der Waals surface area contributed by atoms with Crippen LogP contribution >= 0.6 is 41.9 Å². The minimum Gasteiger partial charge on any atom is 0 e. The molecule has 1 aliphatic carbocycles. The summed E-state index contributed by atoms with van der Waals surface area (Å²) < 4.78 is 0. The van der Waals surface area contributed by atoms with Crippen LogP contribution in [0.1, 0.15) is 64.8 Å². The van der Waals surface area contributed by atoms with Crippen LogP contribution in [0.3, 0.4) is 0 Å². The summed E-state index contributed by atoms with van der Waals surface area (Å²) in [7, 11) is 14.7. The normalized spacial score (nSPS) is 6.29. The maximum absolute atomic E-state index is 4.89. The molecule has 0 unspecified atom stereocenters. The van der Waals surface area contributed by atoms with E-state index in [0.29, 0.717) is 0 Å². The van der Waals surface area contributed by atoms with Gasteiger partial charge in [0.1, 0.15) is 0 Å². The zero-order valence-electron chi connectivity index (χ0n) is 11.1. The molecule has 0 aromatic heterocycles. The fourth-order valence-electron chi connectivity index (χ4n) is 0.393. The molecule has 1 aliphatic rings. The molecule has 0 radical (unpaired) electrons. The van der Waals surface area contributed by atoms with Crippen molar-refractivity contribution in [1.29, 1.82) is 0 Å². The standard InChI is InChI=1S/C5H6.2C2H5.CH3Cl.6CH4.CH3.3ClH.2Fe.W/c1-2-4-5-3-1;3*1-2;;;;;;;;;;;;;/h1-4H,5H2;2*1H2,2H3;1H3;6*1H4;1H3;3*1H;;;/q;2*-1;;;;;;;;-1;;;;+2;+3;/p-3. The molecule has 0 aromatic rings. The van der Waals surface area contributed by atoms with E-state index in [0.717, 1.165) is 6.42 Å². The number of rotatable bonds is 0. The zero-order chi connectivity index (χ0) is 13.1. The molecule has 0 aromatic carbocycles. The summed E-state index contributed by atoms with van der Waals surface area (Å²) in [5.74, 6) is 0. The molecule has 0 bridgehead atoms. The summed E-state index contributed by atoms with van der Waals surface area (Å²) in [6, 6.07) is 0. The van der Waals surface area contributed by atoms with Crippen LogP contribution in [0, 0.1) is 21.3 Å². The fraction of sp³-hybridized carbons (Fsp3) is 0.588. The fourth-order valence-corrected chi connectivity index (χ4v) is 0.393. The van der Waals surface area contributed by atoms with Gasteiger partial charge in [-0.15, -0.1) is 11.6 Å². The predicted octanol–water partition coefficient (Wildman–Crippen LogP) is 10.4. The molecular weight excluding hydrogens is 642 g/mol. The Morgan fingerprint density at radius 3 is 0.875 bits per heavy atom. The largest absolute Gasteiger partial charge is 2.00 e. The van der Waals surface area contributed by atoms with Crippen LogP contribution in [0.5, 0.6) is 0 Å². The van der Waals surface area contributed by atoms with E-state index in [1.54, 1.807) is 13.8 Å². The Hall–Kier alpha value is 2.37. The van der Waals surface area contributed by atoms with Crippen LogP contribution in [0.25, 0.3) is 0 Å². The Morgan fingerprint density at radius 2 is 0.833 bits per heavy atom. The molecule has 165 valence electrons. The van der Waals surface area contributed by atoms with Gasteiger partial charge in [0.25, 0.3) is 0 Å². The van der Waals surface area contributed by atoms with Crippen LogP contribution < -0.4 is 0 Å². The van der Waals surface area contributed by atoms with Crippen LogP contribution in [-0.4, -0.2) is 6.38 Å². The number of alkyl halides is 1. The summed E-state index contributed by atoms with van der Waals surface area (Å²) in [5, 5.41) is 0. The van der Waals surface area contributed by atoms with Crippen molar-refractivity contribution >= 4 is 41.9 Å². The Kier molecular flexibility index (Phi) is 554. The first-order valence-corrected chi connectivity index (χ1v) is 9.32. The van der Waals surface area contributed by atoms with Crippen molar-refractivity contribution in [3.8, 4) is 0 Å². The predicted molar refractivity (Wildman–Crippen MR) is 121 cm³/mol. The van der Waals surface area contributed by atoms with E-state index in [9.17, 15) is 0 Å². The van der Waals surface area contributed by atoms with Gasteiger partial charge in [-0.3, -0.25) is 0 Å². The summed E-state index contributed by atoms with van der Waals surface area (Å²) in [6.07, 6.45) is 11.0. The molecule has 0 saturated heterocycles. The SMILES string of the molecule is C.C.C.C.C.C.C1=CCC=C1.CCl.[CH2-]C.[CH2-]C.[CH3-].[Cl][Fe]([Cl])[Cl].[Fe+2].[W]. The summed E-state index contributed by atoms with van der Waals surface area (Å²) in [5.41, 5.74) is 0. The topological polar surface area (TPSA) is 0 Å². The van der Waals surface area contributed by atoms with Crippen molar-refractivity contribution < 1.29 is 49.3 Å². The van der Waals surface area contributed by atoms with Crippen LogP contribution in [0.2, 0.25) is 0 Å². The van der Waals surface area contributed by atoms with Gasteiger partial charge in [-0.25, -0.2) is 0 Å². The number of halogens is 4. The minimum absolute atomic E-state index is 0. The van der Waals surface area contributed by atoms with E-state index in [1.165, 1.54) is 6.38 Å². The molecule has 0 saturated carbocycles. The van der Waals surface area contributed by atoms with Crippen LogP contribution in [0.4, 0.5) is 0 Å². The van der Waals surface area contributed by atoms with Gasteiger partial charge >= 0.3 is 58.5 Å². The molecule has 0 spiro atoms. The molecule has 0 N–H and O–H groups in total. The van der Waals surface area contributed by atoms with Gasteiger partial charge in [0.2, 0.25) is 0 Å². The number of hydrogen-bond donors (Lipinski definition) is 0. The van der Waals surface area contributed by atoms with Gasteiger partial charge in [0.15, 0.2) is 0 Å². The van der Waals surface area contributed by atoms with E-state index in [-0.39, 0.29) is 90.1 Å². The molecule has 0 atom stereocenters. The number of hydrogen-bond acceptors (Lipinski definition) is 0. The average Bonchev–Trinajstić information content (AvgIpc) is 2.83. The second kappa shape index (κ2) is 140. The first-order chi connectivity index (χ1) is 7.23. The molecule has 0 heterocycles. The smallest absolute Gasteiger partial charge is 0 e. The van der Waals surface area contributed by atoms with Gasteiger partial charge in [0.05, 0.1) is 0 Å².